The molecule has 9 heteroatoms. The van der Waals surface area contributed by atoms with Crippen molar-refractivity contribution in [2.75, 3.05) is 19.7 Å². The second-order valence-corrected chi connectivity index (χ2v) is 8.75. The van der Waals surface area contributed by atoms with Crippen LogP contribution in [-0.2, 0) is 11.3 Å². The quantitative estimate of drug-likeness (QED) is 0.445. The van der Waals surface area contributed by atoms with Crippen molar-refractivity contribution in [2.24, 2.45) is 0 Å². The van der Waals surface area contributed by atoms with E-state index in [2.05, 4.69) is 15.4 Å². The van der Waals surface area contributed by atoms with Crippen molar-refractivity contribution in [3.63, 3.8) is 0 Å². The van der Waals surface area contributed by atoms with E-state index in [4.69, 9.17) is 9.72 Å². The Bertz CT molecular complexity index is 1350. The predicted molar refractivity (Wildman–Crippen MR) is 135 cm³/mol. The summed E-state index contributed by atoms with van der Waals surface area (Å²) in [7, 11) is 0. The summed E-state index contributed by atoms with van der Waals surface area (Å²) < 4.78 is 6.91. The number of likely N-dealkylation sites (tertiary alicyclic amines) is 1. The van der Waals surface area contributed by atoms with Gasteiger partial charge in [-0.25, -0.2) is 14.5 Å². The third kappa shape index (κ3) is 5.05. The lowest BCUT2D eigenvalue weighted by atomic mass is 10.0. The molecule has 4 heterocycles. The molecule has 1 aliphatic heterocycles. The van der Waals surface area contributed by atoms with Gasteiger partial charge in [-0.1, -0.05) is 30.3 Å². The minimum atomic E-state index is -0.299. The highest BCUT2D eigenvalue weighted by Crippen LogP contribution is 2.26. The number of piperidine rings is 1. The van der Waals surface area contributed by atoms with Gasteiger partial charge in [0.1, 0.15) is 0 Å². The maximum atomic E-state index is 13.5. The zero-order valence-corrected chi connectivity index (χ0v) is 20.1. The lowest BCUT2D eigenvalue weighted by Crippen LogP contribution is -2.46. The molecule has 0 spiro atoms. The largest absolute Gasteiger partial charge is 0.450 e. The monoisotopic (exact) mass is 484 g/mol. The van der Waals surface area contributed by atoms with Crippen LogP contribution in [0, 0.1) is 0 Å². The number of carbonyl (C=O) groups is 2. The molecule has 1 saturated heterocycles. The molecule has 0 aliphatic carbocycles. The molecule has 5 rings (SSSR count). The number of rotatable bonds is 6. The number of amides is 2. The van der Waals surface area contributed by atoms with Gasteiger partial charge in [0.25, 0.3) is 5.91 Å². The Morgan fingerprint density at radius 1 is 1.08 bits per heavy atom. The summed E-state index contributed by atoms with van der Waals surface area (Å²) in [4.78, 5) is 36.2. The van der Waals surface area contributed by atoms with E-state index in [1.165, 1.54) is 0 Å². The number of carbonyl (C=O) groups excluding carboxylic acids is 2. The SMILES string of the molecule is CCOC(=O)N1CCC(NC(=O)c2cc(-c3ccccc3)nc3c2cnn3Cc2ccncc2)CC1. The van der Waals surface area contributed by atoms with Crippen LogP contribution in [0.1, 0.15) is 35.7 Å². The first-order valence-corrected chi connectivity index (χ1v) is 12.2. The summed E-state index contributed by atoms with van der Waals surface area (Å²) >= 11 is 0. The molecule has 36 heavy (non-hydrogen) atoms. The van der Waals surface area contributed by atoms with Crippen LogP contribution in [0.2, 0.25) is 0 Å². The van der Waals surface area contributed by atoms with Crippen molar-refractivity contribution in [1.29, 1.82) is 0 Å². The maximum Gasteiger partial charge on any atom is 0.409 e. The highest BCUT2D eigenvalue weighted by Gasteiger charge is 2.26. The third-order valence-corrected chi connectivity index (χ3v) is 6.36. The fourth-order valence-electron chi connectivity index (χ4n) is 4.45. The molecular formula is C27H28N6O3. The molecule has 1 aromatic carbocycles. The van der Waals surface area contributed by atoms with Crippen LogP contribution in [0.3, 0.4) is 0 Å². The van der Waals surface area contributed by atoms with Crippen LogP contribution in [0.5, 0.6) is 0 Å². The molecule has 1 aliphatic rings. The Morgan fingerprint density at radius 2 is 1.83 bits per heavy atom. The first kappa shape index (κ1) is 23.5. The average Bonchev–Trinajstić information content (AvgIpc) is 3.32. The first-order chi connectivity index (χ1) is 17.6. The van der Waals surface area contributed by atoms with Gasteiger partial charge in [-0.05, 0) is 43.5 Å². The van der Waals surface area contributed by atoms with Gasteiger partial charge in [-0.2, -0.15) is 5.10 Å². The molecule has 0 atom stereocenters. The zero-order chi connectivity index (χ0) is 24.9. The van der Waals surface area contributed by atoms with E-state index < -0.39 is 0 Å². The molecule has 184 valence electrons. The fraction of sp³-hybridized carbons (Fsp3) is 0.296. The van der Waals surface area contributed by atoms with E-state index in [-0.39, 0.29) is 18.0 Å². The van der Waals surface area contributed by atoms with E-state index >= 15 is 0 Å². The standard InChI is InChI=1S/C27H28N6O3/c1-2-36-27(35)32-14-10-21(11-15-32)30-26(34)22-16-24(20-6-4-3-5-7-20)31-25-23(22)17-29-33(25)18-19-8-12-28-13-9-19/h3-9,12-13,16-17,21H,2,10-11,14-15,18H2,1H3,(H,30,34). The predicted octanol–water partition coefficient (Wildman–Crippen LogP) is 3.89. The third-order valence-electron chi connectivity index (χ3n) is 6.36. The van der Waals surface area contributed by atoms with Crippen molar-refractivity contribution >= 4 is 23.0 Å². The smallest absolute Gasteiger partial charge is 0.409 e. The van der Waals surface area contributed by atoms with Gasteiger partial charge in [-0.3, -0.25) is 9.78 Å². The van der Waals surface area contributed by atoms with Crippen molar-refractivity contribution in [1.82, 2.24) is 30.0 Å². The minimum absolute atomic E-state index is 0.0292. The lowest BCUT2D eigenvalue weighted by molar-refractivity contribution is 0.0861. The van der Waals surface area contributed by atoms with Gasteiger partial charge in [-0.15, -0.1) is 0 Å². The van der Waals surface area contributed by atoms with E-state index in [0.717, 1.165) is 11.1 Å². The summed E-state index contributed by atoms with van der Waals surface area (Å²) in [6.07, 6.45) is 6.24. The molecule has 0 bridgehead atoms. The molecule has 0 saturated carbocycles. The molecule has 0 unspecified atom stereocenters. The second kappa shape index (κ2) is 10.6. The van der Waals surface area contributed by atoms with Gasteiger partial charge in [0.2, 0.25) is 0 Å². The zero-order valence-electron chi connectivity index (χ0n) is 20.1. The van der Waals surface area contributed by atoms with E-state index in [1.807, 2.05) is 53.2 Å². The number of nitrogens with zero attached hydrogens (tertiary/aromatic N) is 5. The number of hydrogen-bond donors (Lipinski definition) is 1. The molecular weight excluding hydrogens is 456 g/mol. The fourth-order valence-corrected chi connectivity index (χ4v) is 4.45. The molecule has 0 radical (unpaired) electrons. The van der Waals surface area contributed by atoms with Gasteiger partial charge >= 0.3 is 6.09 Å². The number of hydrogen-bond acceptors (Lipinski definition) is 6. The Hall–Kier alpha value is -4.27. The van der Waals surface area contributed by atoms with Crippen LogP contribution in [0.4, 0.5) is 4.79 Å². The van der Waals surface area contributed by atoms with Crippen molar-refractivity contribution in [3.05, 3.63) is 78.2 Å². The van der Waals surface area contributed by atoms with Crippen molar-refractivity contribution in [3.8, 4) is 11.3 Å². The van der Waals surface area contributed by atoms with Gasteiger partial charge in [0, 0.05) is 37.1 Å². The van der Waals surface area contributed by atoms with Gasteiger partial charge in [0.15, 0.2) is 5.65 Å². The molecule has 3 aromatic heterocycles. The van der Waals surface area contributed by atoms with Gasteiger partial charge < -0.3 is 15.0 Å². The van der Waals surface area contributed by atoms with Gasteiger partial charge in [0.05, 0.1) is 36.0 Å². The second-order valence-electron chi connectivity index (χ2n) is 8.75. The van der Waals surface area contributed by atoms with E-state index in [0.29, 0.717) is 61.4 Å². The number of fused-ring (bicyclic) bond motifs is 1. The Labute approximate surface area is 209 Å². The highest BCUT2D eigenvalue weighted by molar-refractivity contribution is 6.06. The topological polar surface area (TPSA) is 102 Å². The lowest BCUT2D eigenvalue weighted by Gasteiger charge is -2.31. The Balaban J connectivity index is 1.42. The number of ether oxygens (including phenoxy) is 1. The summed E-state index contributed by atoms with van der Waals surface area (Å²) in [6, 6.07) is 15.5. The van der Waals surface area contributed by atoms with Crippen molar-refractivity contribution in [2.45, 2.75) is 32.4 Å². The number of pyridine rings is 2. The molecule has 2 amide bonds. The number of benzene rings is 1. The van der Waals surface area contributed by atoms with Crippen molar-refractivity contribution < 1.29 is 14.3 Å². The Kier molecular flexibility index (Phi) is 6.88. The molecule has 1 N–H and O–H groups in total. The average molecular weight is 485 g/mol. The molecule has 1 fully saturated rings. The molecule has 4 aromatic rings. The van der Waals surface area contributed by atoms with Crippen LogP contribution >= 0.6 is 0 Å². The van der Waals surface area contributed by atoms with E-state index in [1.54, 1.807) is 30.4 Å². The summed E-state index contributed by atoms with van der Waals surface area (Å²) in [6.45, 7) is 3.77. The summed E-state index contributed by atoms with van der Waals surface area (Å²) in [5.74, 6) is -0.169. The number of nitrogens with one attached hydrogen (secondary N) is 1. The van der Waals surface area contributed by atoms with E-state index in [9.17, 15) is 9.59 Å². The van der Waals surface area contributed by atoms with Crippen LogP contribution < -0.4 is 5.32 Å². The number of aromatic nitrogens is 4. The van der Waals surface area contributed by atoms with Crippen LogP contribution in [0.25, 0.3) is 22.3 Å². The van der Waals surface area contributed by atoms with Crippen LogP contribution in [0.15, 0.2) is 67.1 Å². The van der Waals surface area contributed by atoms with Crippen LogP contribution in [-0.4, -0.2) is 62.4 Å². The normalized spacial score (nSPS) is 14.1. The summed E-state index contributed by atoms with van der Waals surface area (Å²) in [5.41, 5.74) is 3.86. The first-order valence-electron chi connectivity index (χ1n) is 12.2. The maximum absolute atomic E-state index is 13.5. The summed E-state index contributed by atoms with van der Waals surface area (Å²) in [5, 5.41) is 8.42. The Morgan fingerprint density at radius 3 is 2.56 bits per heavy atom. The highest BCUT2D eigenvalue weighted by atomic mass is 16.6. The molecule has 9 nitrogen and oxygen atoms in total. The minimum Gasteiger partial charge on any atom is -0.450 e.